The Hall–Kier alpha value is -3.08. The summed E-state index contributed by atoms with van der Waals surface area (Å²) < 4.78 is 16.7. The summed E-state index contributed by atoms with van der Waals surface area (Å²) in [6, 6.07) is 12.7. The van der Waals surface area contributed by atoms with E-state index in [0.717, 1.165) is 0 Å². The molecule has 0 aromatic heterocycles. The molecule has 7 heteroatoms. The van der Waals surface area contributed by atoms with Crippen molar-refractivity contribution >= 4 is 5.90 Å². The van der Waals surface area contributed by atoms with Gasteiger partial charge in [0.15, 0.2) is 5.41 Å². The van der Waals surface area contributed by atoms with E-state index in [4.69, 9.17) is 19.6 Å². The van der Waals surface area contributed by atoms with Crippen LogP contribution in [0.5, 0.6) is 5.75 Å². The van der Waals surface area contributed by atoms with Crippen molar-refractivity contribution in [3.05, 3.63) is 29.8 Å². The minimum Gasteiger partial charge on any atom is -0.497 e. The van der Waals surface area contributed by atoms with Crippen LogP contribution >= 0.6 is 0 Å². The zero-order chi connectivity index (χ0) is 18.5. The Labute approximate surface area is 145 Å². The quantitative estimate of drug-likeness (QED) is 0.885. The van der Waals surface area contributed by atoms with Gasteiger partial charge in [-0.2, -0.15) is 15.8 Å². The fourth-order valence-electron chi connectivity index (χ4n) is 3.79. The van der Waals surface area contributed by atoms with Crippen LogP contribution in [0.2, 0.25) is 0 Å². The molecule has 0 aliphatic carbocycles. The summed E-state index contributed by atoms with van der Waals surface area (Å²) in [4.78, 5) is 0. The topological polar surface area (TPSA) is 123 Å². The Morgan fingerprint density at radius 2 is 1.72 bits per heavy atom. The third kappa shape index (κ3) is 1.78. The third-order valence-electron chi connectivity index (χ3n) is 5.41. The lowest BCUT2D eigenvalue weighted by atomic mass is 9.54. The molecule has 0 radical (unpaired) electrons. The predicted octanol–water partition coefficient (Wildman–Crippen LogP) is 2.67. The van der Waals surface area contributed by atoms with Gasteiger partial charge in [-0.3, -0.25) is 5.41 Å². The molecule has 1 aromatic rings. The Morgan fingerprint density at radius 1 is 1.12 bits per heavy atom. The number of nitrogens with zero attached hydrogens (tertiary/aromatic N) is 3. The zero-order valence-corrected chi connectivity index (χ0v) is 14.0. The van der Waals surface area contributed by atoms with Gasteiger partial charge in [0, 0.05) is 6.92 Å². The molecule has 4 atom stereocenters. The number of benzene rings is 1. The van der Waals surface area contributed by atoms with Crippen LogP contribution in [-0.2, 0) is 9.47 Å². The van der Waals surface area contributed by atoms with Crippen LogP contribution < -0.4 is 4.74 Å². The van der Waals surface area contributed by atoms with E-state index in [1.54, 1.807) is 38.1 Å². The summed E-state index contributed by atoms with van der Waals surface area (Å²) in [5.41, 5.74) is -3.09. The van der Waals surface area contributed by atoms with Crippen molar-refractivity contribution in [2.45, 2.75) is 25.7 Å². The number of hydrogen-bond donors (Lipinski definition) is 1. The van der Waals surface area contributed by atoms with Gasteiger partial charge in [0.2, 0.25) is 17.1 Å². The van der Waals surface area contributed by atoms with Gasteiger partial charge >= 0.3 is 0 Å². The summed E-state index contributed by atoms with van der Waals surface area (Å²) in [5.74, 6) is -1.72. The third-order valence-corrected chi connectivity index (χ3v) is 5.41. The van der Waals surface area contributed by atoms with Crippen molar-refractivity contribution in [3.63, 3.8) is 0 Å². The number of rotatable bonds is 2. The van der Waals surface area contributed by atoms with Crippen molar-refractivity contribution in [1.82, 2.24) is 0 Å². The normalized spacial score (nSPS) is 35.0. The van der Waals surface area contributed by atoms with Crippen molar-refractivity contribution < 1.29 is 14.2 Å². The van der Waals surface area contributed by atoms with Gasteiger partial charge < -0.3 is 14.2 Å². The van der Waals surface area contributed by atoms with E-state index in [-0.39, 0.29) is 0 Å². The van der Waals surface area contributed by atoms with Crippen LogP contribution in [0.1, 0.15) is 25.5 Å². The van der Waals surface area contributed by atoms with Gasteiger partial charge in [-0.1, -0.05) is 19.1 Å². The highest BCUT2D eigenvalue weighted by atomic mass is 16.7. The van der Waals surface area contributed by atoms with Gasteiger partial charge in [-0.15, -0.1) is 0 Å². The lowest BCUT2D eigenvalue weighted by molar-refractivity contribution is -0.268. The van der Waals surface area contributed by atoms with Gasteiger partial charge in [-0.25, -0.2) is 0 Å². The van der Waals surface area contributed by atoms with Crippen LogP contribution in [0, 0.1) is 56.2 Å². The fourth-order valence-corrected chi connectivity index (χ4v) is 3.79. The number of hydrogen-bond acceptors (Lipinski definition) is 7. The standard InChI is InChI=1S/C18H16N4O3/c1-11-16(2)24-14(12-4-6-13(23-3)7-5-12)17(8-19,9-20)18(11,10-21)15(22)25-16/h4-7,11,14,22H,1-3H3. The van der Waals surface area contributed by atoms with Crippen LogP contribution in [0.4, 0.5) is 0 Å². The Kier molecular flexibility index (Phi) is 3.49. The summed E-state index contributed by atoms with van der Waals surface area (Å²) in [5, 5.41) is 38.0. The van der Waals surface area contributed by atoms with Crippen LogP contribution in [-0.4, -0.2) is 18.8 Å². The first-order valence-electron chi connectivity index (χ1n) is 7.68. The molecule has 0 spiro atoms. The molecule has 7 nitrogen and oxygen atoms in total. The molecule has 1 N–H and O–H groups in total. The number of nitriles is 3. The zero-order valence-electron chi connectivity index (χ0n) is 14.0. The smallest absolute Gasteiger partial charge is 0.214 e. The molecule has 1 aromatic carbocycles. The van der Waals surface area contributed by atoms with Gasteiger partial charge in [-0.05, 0) is 17.7 Å². The number of nitrogens with one attached hydrogen (secondary N) is 1. The summed E-state index contributed by atoms with van der Waals surface area (Å²) in [6.07, 6.45) is -1.04. The first kappa shape index (κ1) is 16.8. The summed E-state index contributed by atoms with van der Waals surface area (Å²) in [7, 11) is 1.53. The monoisotopic (exact) mass is 336 g/mol. The molecule has 3 rings (SSSR count). The molecule has 0 saturated carbocycles. The summed E-state index contributed by atoms with van der Waals surface area (Å²) >= 11 is 0. The SMILES string of the molecule is COc1ccc(C2OC3(C)OC(=N)C(C#N)(C3C)C2(C#N)C#N)cc1. The van der Waals surface area contributed by atoms with E-state index >= 15 is 0 Å². The molecule has 4 unspecified atom stereocenters. The maximum Gasteiger partial charge on any atom is 0.214 e. The number of ether oxygens (including phenoxy) is 3. The molecular formula is C18H16N4O3. The molecule has 2 fully saturated rings. The molecule has 2 aliphatic heterocycles. The molecule has 126 valence electrons. The average molecular weight is 336 g/mol. The second-order valence-electron chi connectivity index (χ2n) is 6.39. The highest BCUT2D eigenvalue weighted by molar-refractivity contribution is 5.89. The first-order chi connectivity index (χ1) is 11.8. The molecular weight excluding hydrogens is 320 g/mol. The van der Waals surface area contributed by atoms with Crippen LogP contribution in [0.25, 0.3) is 0 Å². The Bertz CT molecular complexity index is 846. The van der Waals surface area contributed by atoms with Gasteiger partial charge in [0.25, 0.3) is 0 Å². The second-order valence-corrected chi connectivity index (χ2v) is 6.39. The van der Waals surface area contributed by atoms with Gasteiger partial charge in [0.1, 0.15) is 11.9 Å². The lowest BCUT2D eigenvalue weighted by Crippen LogP contribution is -2.57. The van der Waals surface area contributed by atoms with Crippen molar-refractivity contribution in [3.8, 4) is 24.0 Å². The largest absolute Gasteiger partial charge is 0.497 e. The molecule has 2 heterocycles. The minimum atomic E-state index is -1.91. The van der Waals surface area contributed by atoms with Crippen LogP contribution in [0.15, 0.2) is 24.3 Å². The van der Waals surface area contributed by atoms with E-state index in [9.17, 15) is 15.8 Å². The maximum absolute atomic E-state index is 9.93. The Balaban J connectivity index is 2.26. The first-order valence-corrected chi connectivity index (χ1v) is 7.68. The van der Waals surface area contributed by atoms with Crippen LogP contribution in [0.3, 0.4) is 0 Å². The summed E-state index contributed by atoms with van der Waals surface area (Å²) in [6.45, 7) is 3.29. The molecule has 2 aliphatic rings. The van der Waals surface area contributed by atoms with E-state index in [1.807, 2.05) is 18.2 Å². The molecule has 0 amide bonds. The molecule has 2 bridgehead atoms. The fraction of sp³-hybridized carbons (Fsp3) is 0.444. The van der Waals surface area contributed by atoms with Crippen molar-refractivity contribution in [2.75, 3.05) is 7.11 Å². The predicted molar refractivity (Wildman–Crippen MR) is 84.9 cm³/mol. The van der Waals surface area contributed by atoms with Gasteiger partial charge in [0.05, 0.1) is 31.2 Å². The molecule has 2 saturated heterocycles. The molecule has 25 heavy (non-hydrogen) atoms. The van der Waals surface area contributed by atoms with E-state index in [0.29, 0.717) is 11.3 Å². The second kappa shape index (κ2) is 5.21. The highest BCUT2D eigenvalue weighted by Gasteiger charge is 2.78. The van der Waals surface area contributed by atoms with Crippen molar-refractivity contribution in [2.24, 2.45) is 16.7 Å². The Morgan fingerprint density at radius 3 is 2.20 bits per heavy atom. The van der Waals surface area contributed by atoms with E-state index in [1.165, 1.54) is 7.11 Å². The number of methoxy groups -OCH3 is 1. The highest BCUT2D eigenvalue weighted by Crippen LogP contribution is 2.66. The van der Waals surface area contributed by atoms with Crippen molar-refractivity contribution in [1.29, 1.82) is 21.2 Å². The number of fused-ring (bicyclic) bond motifs is 2. The lowest BCUT2D eigenvalue weighted by Gasteiger charge is -2.47. The minimum absolute atomic E-state index is 0.399. The van der Waals surface area contributed by atoms with E-state index in [2.05, 4.69) is 0 Å². The van der Waals surface area contributed by atoms with E-state index < -0.39 is 34.5 Å². The maximum atomic E-state index is 9.93. The average Bonchev–Trinajstić information content (AvgIpc) is 2.77.